The van der Waals surface area contributed by atoms with Gasteiger partial charge in [-0.15, -0.1) is 0 Å². The summed E-state index contributed by atoms with van der Waals surface area (Å²) in [5.74, 6) is 1.47. The van der Waals surface area contributed by atoms with Crippen molar-refractivity contribution >= 4 is 17.5 Å². The van der Waals surface area contributed by atoms with Gasteiger partial charge >= 0.3 is 0 Å². The molecule has 0 radical (unpaired) electrons. The van der Waals surface area contributed by atoms with Crippen LogP contribution in [0.2, 0.25) is 0 Å². The Morgan fingerprint density at radius 1 is 1.04 bits per heavy atom. The van der Waals surface area contributed by atoms with Crippen LogP contribution < -0.4 is 10.2 Å². The predicted octanol–water partition coefficient (Wildman–Crippen LogP) is 4.82. The molecule has 134 valence electrons. The summed E-state index contributed by atoms with van der Waals surface area (Å²) >= 11 is 0. The van der Waals surface area contributed by atoms with Crippen LogP contribution in [0.5, 0.6) is 0 Å². The zero-order valence-electron chi connectivity index (χ0n) is 15.0. The first-order valence-electron chi connectivity index (χ1n) is 9.25. The average Bonchev–Trinajstić information content (AvgIpc) is 2.75. The SMILES string of the molecule is N#Cc1cccc(Nc2nccc(N3CCCCC3c3ccccc3)n2)c1. The first-order valence-corrected chi connectivity index (χ1v) is 9.25. The molecule has 1 fully saturated rings. The smallest absolute Gasteiger partial charge is 0.229 e. The van der Waals surface area contributed by atoms with Gasteiger partial charge in [-0.05, 0) is 49.1 Å². The summed E-state index contributed by atoms with van der Waals surface area (Å²) in [6.45, 7) is 0.986. The number of anilines is 3. The molecule has 1 atom stereocenters. The Hall–Kier alpha value is -3.39. The van der Waals surface area contributed by atoms with Crippen LogP contribution in [0.25, 0.3) is 0 Å². The van der Waals surface area contributed by atoms with Crippen molar-refractivity contribution < 1.29 is 0 Å². The molecule has 1 aliphatic rings. The molecule has 1 N–H and O–H groups in total. The van der Waals surface area contributed by atoms with Gasteiger partial charge in [-0.3, -0.25) is 0 Å². The van der Waals surface area contributed by atoms with E-state index in [1.54, 1.807) is 18.3 Å². The van der Waals surface area contributed by atoms with E-state index in [0.717, 1.165) is 24.5 Å². The van der Waals surface area contributed by atoms with E-state index in [0.29, 0.717) is 17.6 Å². The fourth-order valence-electron chi connectivity index (χ4n) is 3.59. The predicted molar refractivity (Wildman–Crippen MR) is 107 cm³/mol. The van der Waals surface area contributed by atoms with Crippen molar-refractivity contribution in [3.63, 3.8) is 0 Å². The molecule has 1 aromatic heterocycles. The number of nitriles is 1. The Bertz CT molecular complexity index is 948. The lowest BCUT2D eigenvalue weighted by atomic mass is 9.95. The monoisotopic (exact) mass is 355 g/mol. The molecule has 3 aromatic rings. The topological polar surface area (TPSA) is 64.8 Å². The lowest BCUT2D eigenvalue weighted by Crippen LogP contribution is -2.34. The molecule has 2 aromatic carbocycles. The fourth-order valence-corrected chi connectivity index (χ4v) is 3.59. The highest BCUT2D eigenvalue weighted by molar-refractivity contribution is 5.57. The van der Waals surface area contributed by atoms with Gasteiger partial charge in [0.15, 0.2) is 0 Å². The number of hydrogen-bond acceptors (Lipinski definition) is 5. The van der Waals surface area contributed by atoms with Crippen LogP contribution >= 0.6 is 0 Å². The number of benzene rings is 2. The van der Waals surface area contributed by atoms with Crippen molar-refractivity contribution in [2.45, 2.75) is 25.3 Å². The molecule has 27 heavy (non-hydrogen) atoms. The summed E-state index contributed by atoms with van der Waals surface area (Å²) in [7, 11) is 0. The van der Waals surface area contributed by atoms with Gasteiger partial charge in [-0.25, -0.2) is 4.98 Å². The van der Waals surface area contributed by atoms with E-state index >= 15 is 0 Å². The highest BCUT2D eigenvalue weighted by Gasteiger charge is 2.25. The number of aromatic nitrogens is 2. The van der Waals surface area contributed by atoms with Crippen LogP contribution in [0.1, 0.15) is 36.4 Å². The van der Waals surface area contributed by atoms with Gasteiger partial charge in [-0.2, -0.15) is 10.2 Å². The Balaban J connectivity index is 1.60. The van der Waals surface area contributed by atoms with Crippen LogP contribution in [0.4, 0.5) is 17.5 Å². The average molecular weight is 355 g/mol. The first kappa shape index (κ1) is 17.0. The second-order valence-corrected chi connectivity index (χ2v) is 6.67. The maximum atomic E-state index is 9.06. The quantitative estimate of drug-likeness (QED) is 0.726. The Morgan fingerprint density at radius 2 is 1.93 bits per heavy atom. The standard InChI is InChI=1S/C22H21N5/c23-16-17-7-6-10-19(15-17)25-22-24-13-12-21(26-22)27-14-5-4-11-20(27)18-8-2-1-3-9-18/h1-3,6-10,12-13,15,20H,4-5,11,14H2,(H,24,25,26). The lowest BCUT2D eigenvalue weighted by Gasteiger charge is -2.37. The van der Waals surface area contributed by atoms with Gasteiger partial charge < -0.3 is 10.2 Å². The highest BCUT2D eigenvalue weighted by atomic mass is 15.2. The second-order valence-electron chi connectivity index (χ2n) is 6.67. The molecule has 0 spiro atoms. The minimum absolute atomic E-state index is 0.338. The van der Waals surface area contributed by atoms with E-state index < -0.39 is 0 Å². The van der Waals surface area contributed by atoms with Crippen LogP contribution in [0.15, 0.2) is 66.9 Å². The molecular formula is C22H21N5. The van der Waals surface area contributed by atoms with Crippen LogP contribution in [0, 0.1) is 11.3 Å². The molecule has 1 aliphatic heterocycles. The van der Waals surface area contributed by atoms with E-state index in [-0.39, 0.29) is 0 Å². The highest BCUT2D eigenvalue weighted by Crippen LogP contribution is 2.34. The number of piperidine rings is 1. The molecule has 4 rings (SSSR count). The summed E-state index contributed by atoms with van der Waals surface area (Å²) in [5, 5.41) is 12.3. The van der Waals surface area contributed by atoms with Crippen LogP contribution in [-0.2, 0) is 0 Å². The van der Waals surface area contributed by atoms with Crippen molar-refractivity contribution in [2.75, 3.05) is 16.8 Å². The fraction of sp³-hybridized carbons (Fsp3) is 0.227. The van der Waals surface area contributed by atoms with Crippen molar-refractivity contribution in [1.29, 1.82) is 5.26 Å². The van der Waals surface area contributed by atoms with Crippen LogP contribution in [-0.4, -0.2) is 16.5 Å². The van der Waals surface area contributed by atoms with Gasteiger partial charge in [0.1, 0.15) is 5.82 Å². The molecular weight excluding hydrogens is 334 g/mol. The lowest BCUT2D eigenvalue weighted by molar-refractivity contribution is 0.469. The molecule has 0 amide bonds. The summed E-state index contributed by atoms with van der Waals surface area (Å²) in [6, 6.07) is 22.4. The number of nitrogens with zero attached hydrogens (tertiary/aromatic N) is 4. The normalized spacial score (nSPS) is 16.6. The van der Waals surface area contributed by atoms with Gasteiger partial charge in [0.2, 0.25) is 5.95 Å². The second kappa shape index (κ2) is 7.88. The zero-order chi connectivity index (χ0) is 18.5. The van der Waals surface area contributed by atoms with Crippen molar-refractivity contribution in [2.24, 2.45) is 0 Å². The van der Waals surface area contributed by atoms with Gasteiger partial charge in [-0.1, -0.05) is 36.4 Å². The summed E-state index contributed by atoms with van der Waals surface area (Å²) in [5.41, 5.74) is 2.74. The van der Waals surface area contributed by atoms with E-state index in [2.05, 4.69) is 51.6 Å². The molecule has 2 heterocycles. The maximum Gasteiger partial charge on any atom is 0.229 e. The molecule has 1 saturated heterocycles. The molecule has 5 heteroatoms. The third kappa shape index (κ3) is 3.90. The number of hydrogen-bond donors (Lipinski definition) is 1. The molecule has 5 nitrogen and oxygen atoms in total. The van der Waals surface area contributed by atoms with E-state index in [1.165, 1.54) is 18.4 Å². The van der Waals surface area contributed by atoms with Gasteiger partial charge in [0, 0.05) is 18.4 Å². The largest absolute Gasteiger partial charge is 0.349 e. The van der Waals surface area contributed by atoms with Crippen molar-refractivity contribution in [1.82, 2.24) is 9.97 Å². The molecule has 1 unspecified atom stereocenters. The summed E-state index contributed by atoms with van der Waals surface area (Å²) < 4.78 is 0. The van der Waals surface area contributed by atoms with Crippen molar-refractivity contribution in [3.8, 4) is 6.07 Å². The molecule has 0 saturated carbocycles. The third-order valence-electron chi connectivity index (χ3n) is 4.87. The zero-order valence-corrected chi connectivity index (χ0v) is 15.0. The minimum Gasteiger partial charge on any atom is -0.349 e. The van der Waals surface area contributed by atoms with E-state index in [1.807, 2.05) is 18.2 Å². The Morgan fingerprint density at radius 3 is 2.78 bits per heavy atom. The van der Waals surface area contributed by atoms with E-state index in [9.17, 15) is 0 Å². The third-order valence-corrected chi connectivity index (χ3v) is 4.87. The number of nitrogens with one attached hydrogen (secondary N) is 1. The van der Waals surface area contributed by atoms with Crippen molar-refractivity contribution in [3.05, 3.63) is 78.0 Å². The molecule has 0 aliphatic carbocycles. The first-order chi connectivity index (χ1) is 13.3. The summed E-state index contributed by atoms with van der Waals surface area (Å²) in [6.07, 6.45) is 5.31. The minimum atomic E-state index is 0.338. The molecule has 0 bridgehead atoms. The summed E-state index contributed by atoms with van der Waals surface area (Å²) in [4.78, 5) is 11.5. The Labute approximate surface area is 159 Å². The van der Waals surface area contributed by atoms with Crippen LogP contribution in [0.3, 0.4) is 0 Å². The maximum absolute atomic E-state index is 9.06. The number of rotatable bonds is 4. The van der Waals surface area contributed by atoms with Gasteiger partial charge in [0.05, 0.1) is 17.7 Å². The Kier molecular flexibility index (Phi) is 4.97. The van der Waals surface area contributed by atoms with Gasteiger partial charge in [0.25, 0.3) is 0 Å². The van der Waals surface area contributed by atoms with E-state index in [4.69, 9.17) is 10.2 Å².